The Morgan fingerprint density at radius 2 is 1.77 bits per heavy atom. The lowest BCUT2D eigenvalue weighted by Crippen LogP contribution is -2.31. The Hall–Kier alpha value is -2.48. The largest absolute Gasteiger partial charge is 0.257 e. The molecule has 0 bridgehead atoms. The van der Waals surface area contributed by atoms with Crippen molar-refractivity contribution in [3.63, 3.8) is 0 Å². The van der Waals surface area contributed by atoms with Crippen molar-refractivity contribution >= 4 is 0 Å². The Balaban J connectivity index is 1.90. The van der Waals surface area contributed by atoms with Gasteiger partial charge < -0.3 is 0 Å². The Morgan fingerprint density at radius 3 is 2.59 bits per heavy atom. The zero-order valence-electron chi connectivity index (χ0n) is 13.2. The molecule has 0 aliphatic heterocycles. The number of aromatic nitrogens is 2. The summed E-state index contributed by atoms with van der Waals surface area (Å²) in [4.78, 5) is 4.71. The number of rotatable bonds is 1. The van der Waals surface area contributed by atoms with Crippen molar-refractivity contribution in [2.24, 2.45) is 7.05 Å². The average Bonchev–Trinajstić information content (AvgIpc) is 2.83. The Kier molecular flexibility index (Phi) is 2.86. The van der Waals surface area contributed by atoms with Crippen LogP contribution in [0.5, 0.6) is 0 Å². The van der Waals surface area contributed by atoms with Gasteiger partial charge in [-0.05, 0) is 37.1 Å². The topological polar surface area (TPSA) is 16.8 Å². The predicted octanol–water partition coefficient (Wildman–Crippen LogP) is 3.76. The zero-order valence-corrected chi connectivity index (χ0v) is 13.2. The quantitative estimate of drug-likeness (QED) is 0.487. The fourth-order valence-electron chi connectivity index (χ4n) is 3.38. The minimum atomic E-state index is 0.937. The normalized spacial score (nSPS) is 12.1. The van der Waals surface area contributed by atoms with E-state index in [0.717, 1.165) is 12.1 Å². The Morgan fingerprint density at radius 1 is 0.955 bits per heavy atom. The van der Waals surface area contributed by atoms with Gasteiger partial charge in [-0.15, -0.1) is 0 Å². The van der Waals surface area contributed by atoms with E-state index in [-0.39, 0.29) is 0 Å². The molecular formula is C20H19N2+. The highest BCUT2D eigenvalue weighted by molar-refractivity contribution is 5.76. The summed E-state index contributed by atoms with van der Waals surface area (Å²) in [6.07, 6.45) is 3.19. The molecule has 0 amide bonds. The molecule has 22 heavy (non-hydrogen) atoms. The Bertz CT molecular complexity index is 894. The van der Waals surface area contributed by atoms with Crippen LogP contribution in [0.15, 0.2) is 48.7 Å². The molecule has 0 N–H and O–H groups in total. The lowest BCUT2D eigenvalue weighted by Gasteiger charge is -2.06. The lowest BCUT2D eigenvalue weighted by molar-refractivity contribution is -0.659. The monoisotopic (exact) mass is 287 g/mol. The lowest BCUT2D eigenvalue weighted by atomic mass is 10.0. The molecule has 0 unspecified atom stereocenters. The fourth-order valence-corrected chi connectivity index (χ4v) is 3.38. The van der Waals surface area contributed by atoms with Crippen LogP contribution in [0.1, 0.15) is 22.5 Å². The van der Waals surface area contributed by atoms with Crippen LogP contribution in [0.4, 0.5) is 0 Å². The average molecular weight is 287 g/mol. The molecule has 2 heteroatoms. The molecular weight excluding hydrogens is 268 g/mol. The van der Waals surface area contributed by atoms with Gasteiger partial charge in [0.2, 0.25) is 5.69 Å². The summed E-state index contributed by atoms with van der Waals surface area (Å²) < 4.78 is 2.23. The van der Waals surface area contributed by atoms with Crippen LogP contribution in [0.2, 0.25) is 0 Å². The van der Waals surface area contributed by atoms with Crippen LogP contribution in [0.3, 0.4) is 0 Å². The van der Waals surface area contributed by atoms with Crippen molar-refractivity contribution in [2.45, 2.75) is 20.3 Å². The van der Waals surface area contributed by atoms with Crippen LogP contribution in [0.25, 0.3) is 22.4 Å². The van der Waals surface area contributed by atoms with Crippen molar-refractivity contribution in [3.8, 4) is 22.4 Å². The maximum absolute atomic E-state index is 4.71. The summed E-state index contributed by atoms with van der Waals surface area (Å²) >= 11 is 0. The number of hydrogen-bond donors (Lipinski definition) is 0. The standard InChI is InChI=1S/C20H19N2/c1-13-6-4-5-7-16(13)20-11-15-10-19-17(9-8-14(2)21-19)18(15)12-22(20)3/h4-9,11-12H,10H2,1-3H3/q+1. The van der Waals surface area contributed by atoms with Crippen molar-refractivity contribution in [3.05, 3.63) is 71.2 Å². The van der Waals surface area contributed by atoms with E-state index in [9.17, 15) is 0 Å². The van der Waals surface area contributed by atoms with Gasteiger partial charge in [-0.2, -0.15) is 0 Å². The van der Waals surface area contributed by atoms with Gasteiger partial charge in [-0.25, -0.2) is 4.57 Å². The first kappa shape index (κ1) is 13.2. The third-order valence-corrected chi connectivity index (χ3v) is 4.54. The van der Waals surface area contributed by atoms with Crippen LogP contribution in [-0.4, -0.2) is 4.98 Å². The van der Waals surface area contributed by atoms with Gasteiger partial charge in [0.1, 0.15) is 7.05 Å². The molecule has 3 aromatic rings. The molecule has 1 aliphatic carbocycles. The Labute approximate surface area is 131 Å². The van der Waals surface area contributed by atoms with E-state index in [2.05, 4.69) is 74.1 Å². The van der Waals surface area contributed by atoms with E-state index < -0.39 is 0 Å². The molecule has 2 heterocycles. The van der Waals surface area contributed by atoms with E-state index in [4.69, 9.17) is 4.98 Å². The minimum absolute atomic E-state index is 0.937. The molecule has 0 atom stereocenters. The summed E-state index contributed by atoms with van der Waals surface area (Å²) in [5, 5.41) is 0. The number of benzene rings is 1. The summed E-state index contributed by atoms with van der Waals surface area (Å²) in [7, 11) is 2.13. The SMILES string of the molecule is Cc1ccc2c(n1)Cc1cc(-c3ccccc3C)[n+](C)cc1-2. The first-order valence-corrected chi connectivity index (χ1v) is 7.69. The van der Waals surface area contributed by atoms with Gasteiger partial charge in [0.15, 0.2) is 6.20 Å². The van der Waals surface area contributed by atoms with Crippen molar-refractivity contribution < 1.29 is 4.57 Å². The first-order valence-electron chi connectivity index (χ1n) is 7.69. The van der Waals surface area contributed by atoms with Gasteiger partial charge >= 0.3 is 0 Å². The number of hydrogen-bond acceptors (Lipinski definition) is 1. The van der Waals surface area contributed by atoms with Crippen molar-refractivity contribution in [1.29, 1.82) is 0 Å². The van der Waals surface area contributed by atoms with Gasteiger partial charge in [0.05, 0.1) is 11.3 Å². The second-order valence-electron chi connectivity index (χ2n) is 6.15. The van der Waals surface area contributed by atoms with E-state index in [1.54, 1.807) is 0 Å². The van der Waals surface area contributed by atoms with E-state index >= 15 is 0 Å². The summed E-state index contributed by atoms with van der Waals surface area (Å²) in [6, 6.07) is 15.2. The highest BCUT2D eigenvalue weighted by Gasteiger charge is 2.25. The smallest absolute Gasteiger partial charge is 0.212 e. The van der Waals surface area contributed by atoms with Crippen molar-refractivity contribution in [2.75, 3.05) is 0 Å². The van der Waals surface area contributed by atoms with E-state index in [1.165, 1.54) is 39.2 Å². The molecule has 4 rings (SSSR count). The number of nitrogens with zero attached hydrogens (tertiary/aromatic N) is 2. The first-order chi connectivity index (χ1) is 10.6. The summed E-state index contributed by atoms with van der Waals surface area (Å²) in [6.45, 7) is 4.23. The third-order valence-electron chi connectivity index (χ3n) is 4.54. The second kappa shape index (κ2) is 4.77. The van der Waals surface area contributed by atoms with Crippen LogP contribution < -0.4 is 4.57 Å². The molecule has 0 saturated carbocycles. The van der Waals surface area contributed by atoms with Crippen molar-refractivity contribution in [1.82, 2.24) is 4.98 Å². The number of aryl methyl sites for hydroxylation is 3. The maximum atomic E-state index is 4.71. The van der Waals surface area contributed by atoms with Crippen LogP contribution >= 0.6 is 0 Å². The molecule has 1 aliphatic rings. The highest BCUT2D eigenvalue weighted by Crippen LogP contribution is 2.36. The van der Waals surface area contributed by atoms with Gasteiger partial charge in [0, 0.05) is 29.3 Å². The molecule has 1 aromatic carbocycles. The van der Waals surface area contributed by atoms with Crippen LogP contribution in [0, 0.1) is 13.8 Å². The molecule has 0 fully saturated rings. The second-order valence-corrected chi connectivity index (χ2v) is 6.15. The van der Waals surface area contributed by atoms with Crippen LogP contribution in [-0.2, 0) is 13.5 Å². The number of fused-ring (bicyclic) bond motifs is 3. The molecule has 0 saturated heterocycles. The maximum Gasteiger partial charge on any atom is 0.212 e. The molecule has 2 aromatic heterocycles. The number of pyridine rings is 2. The molecule has 108 valence electrons. The molecule has 0 radical (unpaired) electrons. The predicted molar refractivity (Wildman–Crippen MR) is 88.6 cm³/mol. The van der Waals surface area contributed by atoms with Gasteiger partial charge in [-0.3, -0.25) is 4.98 Å². The highest BCUT2D eigenvalue weighted by atomic mass is 14.9. The molecule has 0 spiro atoms. The molecule has 2 nitrogen and oxygen atoms in total. The minimum Gasteiger partial charge on any atom is -0.257 e. The summed E-state index contributed by atoms with van der Waals surface area (Å²) in [5.41, 5.74) is 10.2. The van der Waals surface area contributed by atoms with E-state index in [1.807, 2.05) is 0 Å². The van der Waals surface area contributed by atoms with E-state index in [0.29, 0.717) is 0 Å². The summed E-state index contributed by atoms with van der Waals surface area (Å²) in [5.74, 6) is 0. The zero-order chi connectivity index (χ0) is 15.3. The van der Waals surface area contributed by atoms with Gasteiger partial charge in [0.25, 0.3) is 0 Å². The third kappa shape index (κ3) is 1.95. The van der Waals surface area contributed by atoms with Gasteiger partial charge in [-0.1, -0.05) is 24.3 Å². The fraction of sp³-hybridized carbons (Fsp3) is 0.200.